The smallest absolute Gasteiger partial charge is 0.311 e. The lowest BCUT2D eigenvalue weighted by Crippen LogP contribution is -2.08. The van der Waals surface area contributed by atoms with Gasteiger partial charge in [0.1, 0.15) is 0 Å². The summed E-state index contributed by atoms with van der Waals surface area (Å²) < 4.78 is 1.70. The van der Waals surface area contributed by atoms with Gasteiger partial charge in [-0.15, -0.1) is 0 Å². The molecule has 1 N–H and O–H groups in total. The fourth-order valence-electron chi connectivity index (χ4n) is 1.58. The van der Waals surface area contributed by atoms with Gasteiger partial charge in [0.2, 0.25) is 5.82 Å². The molecule has 0 aliphatic heterocycles. The molecule has 0 fully saturated rings. The van der Waals surface area contributed by atoms with Gasteiger partial charge in [0.05, 0.1) is 17.2 Å². The lowest BCUT2D eigenvalue weighted by atomic mass is 10.3. The van der Waals surface area contributed by atoms with E-state index >= 15 is 0 Å². The van der Waals surface area contributed by atoms with Crippen molar-refractivity contribution in [2.24, 2.45) is 7.05 Å². The van der Waals surface area contributed by atoms with E-state index < -0.39 is 4.92 Å². The van der Waals surface area contributed by atoms with Crippen LogP contribution in [0.15, 0.2) is 24.4 Å². The van der Waals surface area contributed by atoms with Crippen molar-refractivity contribution in [3.8, 4) is 0 Å². The van der Waals surface area contributed by atoms with Gasteiger partial charge in [-0.25, -0.2) is 4.98 Å². The molecule has 0 saturated heterocycles. The molecule has 0 unspecified atom stereocenters. The Balaban J connectivity index is 2.20. The Kier molecular flexibility index (Phi) is 3.22. The molecule has 0 aromatic carbocycles. The zero-order valence-electron chi connectivity index (χ0n) is 10.1. The second-order valence-electron chi connectivity index (χ2n) is 3.88. The molecule has 7 heteroatoms. The average Bonchev–Trinajstić information content (AvgIpc) is 2.72. The first-order valence-electron chi connectivity index (χ1n) is 5.40. The third kappa shape index (κ3) is 2.45. The van der Waals surface area contributed by atoms with Crippen LogP contribution in [0.1, 0.15) is 11.4 Å². The second-order valence-corrected chi connectivity index (χ2v) is 3.88. The zero-order chi connectivity index (χ0) is 13.1. The molecule has 2 heterocycles. The first-order valence-corrected chi connectivity index (χ1v) is 5.40. The SMILES string of the molecule is Cc1ccc([N+](=O)[O-])c(NCc2ccnn2C)n1. The van der Waals surface area contributed by atoms with Gasteiger partial charge in [-0.1, -0.05) is 0 Å². The predicted octanol–water partition coefficient (Wildman–Crippen LogP) is 1.64. The summed E-state index contributed by atoms with van der Waals surface area (Å²) >= 11 is 0. The summed E-state index contributed by atoms with van der Waals surface area (Å²) in [6.07, 6.45) is 1.68. The van der Waals surface area contributed by atoms with Gasteiger partial charge in [-0.3, -0.25) is 14.8 Å². The molecule has 7 nitrogen and oxygen atoms in total. The number of aromatic nitrogens is 3. The first-order chi connectivity index (χ1) is 8.58. The highest BCUT2D eigenvalue weighted by molar-refractivity contribution is 5.56. The molecule has 2 rings (SSSR count). The summed E-state index contributed by atoms with van der Waals surface area (Å²) in [6, 6.07) is 4.91. The molecule has 2 aromatic rings. The van der Waals surface area contributed by atoms with E-state index in [9.17, 15) is 10.1 Å². The van der Waals surface area contributed by atoms with Crippen LogP contribution in [0, 0.1) is 17.0 Å². The molecule has 0 aliphatic carbocycles. The highest BCUT2D eigenvalue weighted by Gasteiger charge is 2.15. The monoisotopic (exact) mass is 247 g/mol. The van der Waals surface area contributed by atoms with Crippen molar-refractivity contribution in [2.45, 2.75) is 13.5 Å². The summed E-state index contributed by atoms with van der Waals surface area (Å²) in [7, 11) is 1.81. The summed E-state index contributed by atoms with van der Waals surface area (Å²) in [6.45, 7) is 2.23. The van der Waals surface area contributed by atoms with Gasteiger partial charge in [0, 0.05) is 25.0 Å². The number of nitrogens with one attached hydrogen (secondary N) is 1. The quantitative estimate of drug-likeness (QED) is 0.655. The number of hydrogen-bond acceptors (Lipinski definition) is 5. The molecule has 0 aliphatic rings. The Morgan fingerprint density at radius 2 is 2.22 bits per heavy atom. The maximum atomic E-state index is 10.9. The van der Waals surface area contributed by atoms with Crippen LogP contribution in [-0.2, 0) is 13.6 Å². The maximum Gasteiger partial charge on any atom is 0.311 e. The highest BCUT2D eigenvalue weighted by Crippen LogP contribution is 2.22. The normalized spacial score (nSPS) is 10.3. The summed E-state index contributed by atoms with van der Waals surface area (Å²) in [4.78, 5) is 14.6. The molecule has 94 valence electrons. The van der Waals surface area contributed by atoms with Gasteiger partial charge in [-0.05, 0) is 19.1 Å². The van der Waals surface area contributed by atoms with Crippen LogP contribution in [0.25, 0.3) is 0 Å². The number of aryl methyl sites for hydroxylation is 2. The van der Waals surface area contributed by atoms with E-state index in [1.807, 2.05) is 13.1 Å². The van der Waals surface area contributed by atoms with Crippen molar-refractivity contribution in [2.75, 3.05) is 5.32 Å². The standard InChI is InChI=1S/C11H13N5O2/c1-8-3-4-10(16(17)18)11(14-8)12-7-9-5-6-13-15(9)2/h3-6H,7H2,1-2H3,(H,12,14). The van der Waals surface area contributed by atoms with Crippen LogP contribution in [-0.4, -0.2) is 19.7 Å². The van der Waals surface area contributed by atoms with Gasteiger partial charge in [0.15, 0.2) is 0 Å². The molecule has 0 spiro atoms. The van der Waals surface area contributed by atoms with Crippen LogP contribution in [0.5, 0.6) is 0 Å². The number of hydrogen-bond donors (Lipinski definition) is 1. The van der Waals surface area contributed by atoms with Gasteiger partial charge < -0.3 is 5.32 Å². The van der Waals surface area contributed by atoms with Crippen LogP contribution in [0.4, 0.5) is 11.5 Å². The lowest BCUT2D eigenvalue weighted by molar-refractivity contribution is -0.384. The summed E-state index contributed by atoms with van der Waals surface area (Å²) in [5, 5.41) is 17.9. The first kappa shape index (κ1) is 12.0. The fraction of sp³-hybridized carbons (Fsp3) is 0.273. The van der Waals surface area contributed by atoms with Crippen molar-refractivity contribution in [1.29, 1.82) is 0 Å². The maximum absolute atomic E-state index is 10.9. The Labute approximate surface area is 104 Å². The Hall–Kier alpha value is -2.44. The van der Waals surface area contributed by atoms with E-state index in [2.05, 4.69) is 15.4 Å². The molecule has 2 aromatic heterocycles. The third-order valence-electron chi connectivity index (χ3n) is 2.57. The zero-order valence-corrected chi connectivity index (χ0v) is 10.1. The predicted molar refractivity (Wildman–Crippen MR) is 66.2 cm³/mol. The molecule has 0 radical (unpaired) electrons. The Morgan fingerprint density at radius 3 is 2.83 bits per heavy atom. The Morgan fingerprint density at radius 1 is 1.44 bits per heavy atom. The number of rotatable bonds is 4. The van der Waals surface area contributed by atoms with Crippen molar-refractivity contribution >= 4 is 11.5 Å². The van der Waals surface area contributed by atoms with E-state index in [0.29, 0.717) is 6.54 Å². The van der Waals surface area contributed by atoms with Gasteiger partial charge in [0.25, 0.3) is 0 Å². The third-order valence-corrected chi connectivity index (χ3v) is 2.57. The molecular weight excluding hydrogens is 234 g/mol. The topological polar surface area (TPSA) is 85.9 Å². The minimum Gasteiger partial charge on any atom is -0.359 e. The van der Waals surface area contributed by atoms with Gasteiger partial charge in [-0.2, -0.15) is 5.10 Å². The summed E-state index contributed by atoms with van der Waals surface area (Å²) in [5.74, 6) is 0.279. The fourth-order valence-corrected chi connectivity index (χ4v) is 1.58. The Bertz CT molecular complexity index is 579. The minimum absolute atomic E-state index is 0.0252. The van der Waals surface area contributed by atoms with Crippen molar-refractivity contribution < 1.29 is 4.92 Å². The molecule has 0 saturated carbocycles. The second kappa shape index (κ2) is 4.82. The molecule has 18 heavy (non-hydrogen) atoms. The van der Waals surface area contributed by atoms with Crippen LogP contribution < -0.4 is 5.32 Å². The minimum atomic E-state index is -0.446. The van der Waals surface area contributed by atoms with Crippen molar-refractivity contribution in [3.63, 3.8) is 0 Å². The highest BCUT2D eigenvalue weighted by atomic mass is 16.6. The molecule has 0 bridgehead atoms. The van der Waals surface area contributed by atoms with E-state index in [1.165, 1.54) is 6.07 Å². The number of anilines is 1. The van der Waals surface area contributed by atoms with Crippen LogP contribution in [0.3, 0.4) is 0 Å². The van der Waals surface area contributed by atoms with Crippen LogP contribution >= 0.6 is 0 Å². The van der Waals surface area contributed by atoms with E-state index in [0.717, 1.165) is 11.4 Å². The summed E-state index contributed by atoms with van der Waals surface area (Å²) in [5.41, 5.74) is 1.63. The van der Waals surface area contributed by atoms with Crippen molar-refractivity contribution in [1.82, 2.24) is 14.8 Å². The van der Waals surface area contributed by atoms with Crippen molar-refractivity contribution in [3.05, 3.63) is 45.9 Å². The number of pyridine rings is 1. The molecule has 0 amide bonds. The number of nitrogens with zero attached hydrogens (tertiary/aromatic N) is 4. The molecular formula is C11H13N5O2. The van der Waals surface area contributed by atoms with E-state index in [4.69, 9.17) is 0 Å². The van der Waals surface area contributed by atoms with E-state index in [1.54, 1.807) is 23.9 Å². The number of nitro groups is 1. The van der Waals surface area contributed by atoms with Gasteiger partial charge >= 0.3 is 5.69 Å². The largest absolute Gasteiger partial charge is 0.359 e. The lowest BCUT2D eigenvalue weighted by Gasteiger charge is -2.07. The molecule has 0 atom stereocenters. The van der Waals surface area contributed by atoms with E-state index in [-0.39, 0.29) is 11.5 Å². The van der Waals surface area contributed by atoms with Crippen LogP contribution in [0.2, 0.25) is 0 Å². The average molecular weight is 247 g/mol.